The second-order valence-corrected chi connectivity index (χ2v) is 7.56. The molecule has 32 heavy (non-hydrogen) atoms. The van der Waals surface area contributed by atoms with Crippen LogP contribution in [-0.4, -0.2) is 25.9 Å². The fourth-order valence-corrected chi connectivity index (χ4v) is 3.56. The first-order chi connectivity index (χ1) is 15.4. The van der Waals surface area contributed by atoms with Gasteiger partial charge in [0.2, 0.25) is 5.78 Å². The van der Waals surface area contributed by atoms with Gasteiger partial charge in [-0.2, -0.15) is 0 Å². The van der Waals surface area contributed by atoms with E-state index in [9.17, 15) is 9.59 Å². The number of hydrogen-bond acceptors (Lipinski definition) is 5. The van der Waals surface area contributed by atoms with Gasteiger partial charge in [0, 0.05) is 38.9 Å². The van der Waals surface area contributed by atoms with Crippen LogP contribution in [0, 0.1) is 6.92 Å². The van der Waals surface area contributed by atoms with Gasteiger partial charge in [-0.05, 0) is 61.5 Å². The molecule has 0 saturated heterocycles. The maximum atomic E-state index is 12.9. The summed E-state index contributed by atoms with van der Waals surface area (Å²) >= 11 is 5.91. The van der Waals surface area contributed by atoms with E-state index in [1.807, 2.05) is 13.0 Å². The van der Waals surface area contributed by atoms with Crippen molar-refractivity contribution < 1.29 is 23.5 Å². The number of nitrogens with one attached hydrogen (secondary N) is 1. The van der Waals surface area contributed by atoms with Crippen molar-refractivity contribution in [3.05, 3.63) is 88.1 Å². The summed E-state index contributed by atoms with van der Waals surface area (Å²) in [5.41, 5.74) is 2.68. The molecule has 4 aromatic rings. The van der Waals surface area contributed by atoms with E-state index in [0.717, 1.165) is 10.9 Å². The molecule has 0 radical (unpaired) electrons. The van der Waals surface area contributed by atoms with Crippen molar-refractivity contribution in [2.45, 2.75) is 6.92 Å². The van der Waals surface area contributed by atoms with E-state index in [-0.39, 0.29) is 17.5 Å². The predicted molar refractivity (Wildman–Crippen MR) is 123 cm³/mol. The van der Waals surface area contributed by atoms with Crippen LogP contribution in [0.3, 0.4) is 0 Å². The van der Waals surface area contributed by atoms with Crippen molar-refractivity contribution in [3.8, 4) is 11.5 Å². The Kier molecular flexibility index (Phi) is 5.88. The number of anilines is 1. The van der Waals surface area contributed by atoms with Gasteiger partial charge in [-0.15, -0.1) is 0 Å². The normalized spacial score (nSPS) is 10.8. The zero-order valence-electron chi connectivity index (χ0n) is 17.7. The number of amides is 1. The SMILES string of the molecule is COc1ccc(C(=O)Nc2ccc3c(C)c(C(=O)c4ccc(Cl)cc4)oc3c2)cc1OC. The number of carbonyl (C=O) groups is 2. The molecule has 1 amide bonds. The summed E-state index contributed by atoms with van der Waals surface area (Å²) in [6.45, 7) is 1.83. The third-order valence-electron chi connectivity index (χ3n) is 5.15. The third-order valence-corrected chi connectivity index (χ3v) is 5.41. The molecule has 162 valence electrons. The van der Waals surface area contributed by atoms with Gasteiger partial charge in [0.25, 0.3) is 5.91 Å². The molecule has 1 N–H and O–H groups in total. The van der Waals surface area contributed by atoms with Crippen molar-refractivity contribution in [2.24, 2.45) is 0 Å². The lowest BCUT2D eigenvalue weighted by Crippen LogP contribution is -2.12. The number of hydrogen-bond donors (Lipinski definition) is 1. The van der Waals surface area contributed by atoms with Crippen LogP contribution in [0.2, 0.25) is 5.02 Å². The molecule has 7 heteroatoms. The van der Waals surface area contributed by atoms with E-state index in [1.54, 1.807) is 54.6 Å². The van der Waals surface area contributed by atoms with Gasteiger partial charge < -0.3 is 19.2 Å². The Morgan fingerprint density at radius 2 is 1.56 bits per heavy atom. The molecule has 0 fully saturated rings. The molecule has 0 saturated carbocycles. The van der Waals surface area contributed by atoms with Crippen LogP contribution in [0.4, 0.5) is 5.69 Å². The van der Waals surface area contributed by atoms with E-state index in [2.05, 4.69) is 5.32 Å². The number of halogens is 1. The zero-order chi connectivity index (χ0) is 22.8. The molecule has 3 aromatic carbocycles. The Morgan fingerprint density at radius 3 is 2.25 bits per heavy atom. The Balaban J connectivity index is 1.61. The molecular weight excluding hydrogens is 430 g/mol. The fourth-order valence-electron chi connectivity index (χ4n) is 3.43. The smallest absolute Gasteiger partial charge is 0.255 e. The highest BCUT2D eigenvalue weighted by Gasteiger charge is 2.20. The van der Waals surface area contributed by atoms with Gasteiger partial charge in [0.15, 0.2) is 17.3 Å². The van der Waals surface area contributed by atoms with Crippen LogP contribution in [0.5, 0.6) is 11.5 Å². The van der Waals surface area contributed by atoms with E-state index < -0.39 is 0 Å². The summed E-state index contributed by atoms with van der Waals surface area (Å²) in [5, 5.41) is 4.19. The Bertz CT molecular complexity index is 1320. The first kappa shape index (κ1) is 21.5. The summed E-state index contributed by atoms with van der Waals surface area (Å²) in [7, 11) is 3.04. The molecule has 0 aliphatic rings. The van der Waals surface area contributed by atoms with Crippen LogP contribution >= 0.6 is 11.6 Å². The lowest BCUT2D eigenvalue weighted by molar-refractivity contribution is 0.101. The number of furan rings is 1. The lowest BCUT2D eigenvalue weighted by Gasteiger charge is -2.10. The second kappa shape index (κ2) is 8.77. The van der Waals surface area contributed by atoms with E-state index in [0.29, 0.717) is 38.9 Å². The summed E-state index contributed by atoms with van der Waals surface area (Å²) in [6, 6.07) is 16.8. The molecule has 0 bridgehead atoms. The number of methoxy groups -OCH3 is 2. The number of benzene rings is 3. The first-order valence-corrected chi connectivity index (χ1v) is 10.2. The summed E-state index contributed by atoms with van der Waals surface area (Å²) in [5.74, 6) is 0.708. The van der Waals surface area contributed by atoms with Crippen molar-refractivity contribution in [3.63, 3.8) is 0 Å². The number of ketones is 1. The second-order valence-electron chi connectivity index (χ2n) is 7.13. The quantitative estimate of drug-likeness (QED) is 0.371. The fraction of sp³-hybridized carbons (Fsp3) is 0.120. The Morgan fingerprint density at radius 1 is 0.875 bits per heavy atom. The zero-order valence-corrected chi connectivity index (χ0v) is 18.4. The number of fused-ring (bicyclic) bond motifs is 1. The maximum Gasteiger partial charge on any atom is 0.255 e. The van der Waals surface area contributed by atoms with Crippen LogP contribution in [0.25, 0.3) is 11.0 Å². The van der Waals surface area contributed by atoms with Crippen molar-refractivity contribution in [2.75, 3.05) is 19.5 Å². The number of aryl methyl sites for hydroxylation is 1. The van der Waals surface area contributed by atoms with Crippen LogP contribution in [-0.2, 0) is 0 Å². The van der Waals surface area contributed by atoms with Crippen LogP contribution < -0.4 is 14.8 Å². The van der Waals surface area contributed by atoms with E-state index in [1.165, 1.54) is 14.2 Å². The minimum absolute atomic E-state index is 0.230. The van der Waals surface area contributed by atoms with Crippen LogP contribution in [0.15, 0.2) is 65.1 Å². The van der Waals surface area contributed by atoms with Gasteiger partial charge in [-0.3, -0.25) is 9.59 Å². The minimum Gasteiger partial charge on any atom is -0.493 e. The van der Waals surface area contributed by atoms with Crippen molar-refractivity contribution >= 4 is 39.9 Å². The molecule has 0 aliphatic heterocycles. The Hall–Kier alpha value is -3.77. The molecule has 0 aliphatic carbocycles. The molecule has 0 atom stereocenters. The summed E-state index contributed by atoms with van der Waals surface area (Å²) < 4.78 is 16.3. The number of ether oxygens (including phenoxy) is 2. The molecule has 1 heterocycles. The van der Waals surface area contributed by atoms with Crippen molar-refractivity contribution in [1.29, 1.82) is 0 Å². The molecule has 6 nitrogen and oxygen atoms in total. The topological polar surface area (TPSA) is 77.8 Å². The van der Waals surface area contributed by atoms with Gasteiger partial charge in [-0.25, -0.2) is 0 Å². The first-order valence-electron chi connectivity index (χ1n) is 9.78. The van der Waals surface area contributed by atoms with Gasteiger partial charge in [0.05, 0.1) is 14.2 Å². The largest absolute Gasteiger partial charge is 0.493 e. The Labute approximate surface area is 189 Å². The molecular formula is C25H20ClNO5. The predicted octanol–water partition coefficient (Wildman–Crippen LogP) is 5.90. The summed E-state index contributed by atoms with van der Waals surface area (Å²) in [6.07, 6.45) is 0. The standard InChI is InChI=1S/C25H20ClNO5/c1-14-19-10-9-18(27-25(29)16-6-11-20(30-2)22(12-16)31-3)13-21(19)32-24(14)23(28)15-4-7-17(26)8-5-15/h4-13H,1-3H3,(H,27,29). The van der Waals surface area contributed by atoms with Gasteiger partial charge in [-0.1, -0.05) is 11.6 Å². The van der Waals surface area contributed by atoms with Gasteiger partial charge in [0.1, 0.15) is 5.58 Å². The minimum atomic E-state index is -0.314. The average molecular weight is 450 g/mol. The molecule has 0 unspecified atom stereocenters. The average Bonchev–Trinajstić information content (AvgIpc) is 3.14. The van der Waals surface area contributed by atoms with Crippen LogP contribution in [0.1, 0.15) is 32.0 Å². The number of carbonyl (C=O) groups excluding carboxylic acids is 2. The van der Waals surface area contributed by atoms with Crippen molar-refractivity contribution in [1.82, 2.24) is 0 Å². The highest BCUT2D eigenvalue weighted by atomic mass is 35.5. The molecule has 4 rings (SSSR count). The monoisotopic (exact) mass is 449 g/mol. The molecule has 0 spiro atoms. The highest BCUT2D eigenvalue weighted by Crippen LogP contribution is 2.31. The van der Waals surface area contributed by atoms with Gasteiger partial charge >= 0.3 is 0 Å². The lowest BCUT2D eigenvalue weighted by atomic mass is 10.0. The maximum absolute atomic E-state index is 12.9. The third kappa shape index (κ3) is 4.05. The summed E-state index contributed by atoms with van der Waals surface area (Å²) in [4.78, 5) is 25.6. The van der Waals surface area contributed by atoms with E-state index >= 15 is 0 Å². The number of rotatable bonds is 6. The van der Waals surface area contributed by atoms with E-state index in [4.69, 9.17) is 25.5 Å². The highest BCUT2D eigenvalue weighted by molar-refractivity contribution is 6.30. The molecule has 1 aromatic heterocycles.